The van der Waals surface area contributed by atoms with Crippen LogP contribution in [0.4, 0.5) is 14.5 Å². The van der Waals surface area contributed by atoms with Crippen molar-refractivity contribution in [2.75, 3.05) is 24.5 Å². The van der Waals surface area contributed by atoms with Crippen LogP contribution in [0.15, 0.2) is 29.2 Å². The fourth-order valence-corrected chi connectivity index (χ4v) is 2.95. The molecule has 1 saturated heterocycles. The van der Waals surface area contributed by atoms with Gasteiger partial charge in [-0.25, -0.2) is 22.3 Å². The van der Waals surface area contributed by atoms with Gasteiger partial charge in [0.15, 0.2) is 0 Å². The van der Waals surface area contributed by atoms with E-state index in [4.69, 9.17) is 10.9 Å². The number of primary sulfonamides is 1. The molecule has 12 heteroatoms. The summed E-state index contributed by atoms with van der Waals surface area (Å²) in [4.78, 5) is 25.1. The van der Waals surface area contributed by atoms with Gasteiger partial charge in [-0.15, -0.1) is 12.4 Å². The van der Waals surface area contributed by atoms with Gasteiger partial charge in [-0.2, -0.15) is 0 Å². The Bertz CT molecular complexity index is 791. The Labute approximate surface area is 155 Å². The number of benzene rings is 1. The summed E-state index contributed by atoms with van der Waals surface area (Å²) in [5.41, 5.74) is 5.16. The molecule has 0 saturated carbocycles. The van der Waals surface area contributed by atoms with E-state index < -0.39 is 46.8 Å². The molecule has 5 N–H and O–H groups in total. The number of rotatable bonds is 6. The smallest absolute Gasteiger partial charge is 0.277 e. The monoisotopic (exact) mass is 412 g/mol. The minimum absolute atomic E-state index is 0. The van der Waals surface area contributed by atoms with Crippen molar-refractivity contribution < 1.29 is 26.8 Å². The van der Waals surface area contributed by atoms with Gasteiger partial charge in [0.1, 0.15) is 0 Å². The second kappa shape index (κ2) is 8.25. The molecular formula is C14H19ClF2N4O4S. The molecule has 1 unspecified atom stereocenters. The molecule has 146 valence electrons. The number of amides is 2. The van der Waals surface area contributed by atoms with E-state index in [0.29, 0.717) is 0 Å². The highest BCUT2D eigenvalue weighted by atomic mass is 35.5. The number of sulfonamides is 1. The van der Waals surface area contributed by atoms with E-state index in [-0.39, 0.29) is 36.0 Å². The SMILES string of the molecule is Cl.NCC(F)(F)CNC(=O)C1CC(=O)N(c2cccc(S(N)(=O)=O)c2)C1. The van der Waals surface area contributed by atoms with E-state index >= 15 is 0 Å². The Hall–Kier alpha value is -1.82. The summed E-state index contributed by atoms with van der Waals surface area (Å²) in [5, 5.41) is 7.13. The Morgan fingerprint density at radius 3 is 2.62 bits per heavy atom. The molecule has 0 spiro atoms. The van der Waals surface area contributed by atoms with Crippen LogP contribution in [0.1, 0.15) is 6.42 Å². The van der Waals surface area contributed by atoms with Crippen LogP contribution in [0.2, 0.25) is 0 Å². The average molecular weight is 413 g/mol. The maximum absolute atomic E-state index is 13.1. The molecule has 26 heavy (non-hydrogen) atoms. The quantitative estimate of drug-likeness (QED) is 0.595. The number of alkyl halides is 2. The molecule has 2 rings (SSSR count). The number of nitrogens with zero attached hydrogens (tertiary/aromatic N) is 1. The Kier molecular flexibility index (Phi) is 7.05. The second-order valence-corrected chi connectivity index (χ2v) is 7.29. The first kappa shape index (κ1) is 22.2. The third kappa shape index (κ3) is 5.34. The minimum atomic E-state index is -3.94. The van der Waals surface area contributed by atoms with E-state index in [1.54, 1.807) is 0 Å². The predicted molar refractivity (Wildman–Crippen MR) is 92.5 cm³/mol. The van der Waals surface area contributed by atoms with Crippen molar-refractivity contribution in [2.45, 2.75) is 17.2 Å². The fourth-order valence-electron chi connectivity index (χ4n) is 2.39. The first-order valence-electron chi connectivity index (χ1n) is 7.32. The maximum atomic E-state index is 13.1. The van der Waals surface area contributed by atoms with Gasteiger partial charge in [0.2, 0.25) is 21.8 Å². The van der Waals surface area contributed by atoms with Crippen LogP contribution in [-0.2, 0) is 19.6 Å². The lowest BCUT2D eigenvalue weighted by Crippen LogP contribution is -2.44. The number of hydrogen-bond donors (Lipinski definition) is 3. The molecule has 0 aromatic heterocycles. The van der Waals surface area contributed by atoms with Crippen molar-refractivity contribution >= 4 is 39.9 Å². The van der Waals surface area contributed by atoms with Crippen molar-refractivity contribution in [3.8, 4) is 0 Å². The molecule has 1 aromatic rings. The predicted octanol–water partition coefficient (Wildman–Crippen LogP) is -0.181. The highest BCUT2D eigenvalue weighted by Gasteiger charge is 2.36. The average Bonchev–Trinajstić information content (AvgIpc) is 2.94. The maximum Gasteiger partial charge on any atom is 0.277 e. The summed E-state index contributed by atoms with van der Waals surface area (Å²) in [5.74, 6) is -5.15. The van der Waals surface area contributed by atoms with Crippen molar-refractivity contribution in [3.63, 3.8) is 0 Å². The van der Waals surface area contributed by atoms with Crippen LogP contribution in [0, 0.1) is 5.92 Å². The molecule has 1 aliphatic heterocycles. The fraction of sp³-hybridized carbons (Fsp3) is 0.429. The van der Waals surface area contributed by atoms with Gasteiger partial charge in [0.25, 0.3) is 5.92 Å². The second-order valence-electron chi connectivity index (χ2n) is 5.73. The molecule has 0 radical (unpaired) electrons. The van der Waals surface area contributed by atoms with Crippen molar-refractivity contribution in [2.24, 2.45) is 16.8 Å². The summed E-state index contributed by atoms with van der Waals surface area (Å²) in [6.07, 6.45) is -0.167. The molecule has 2 amide bonds. The van der Waals surface area contributed by atoms with Gasteiger partial charge in [-0.3, -0.25) is 9.59 Å². The first-order valence-corrected chi connectivity index (χ1v) is 8.87. The molecule has 1 aliphatic rings. The molecular weight excluding hydrogens is 394 g/mol. The Balaban J connectivity index is 0.00000338. The summed E-state index contributed by atoms with van der Waals surface area (Å²) >= 11 is 0. The number of anilines is 1. The van der Waals surface area contributed by atoms with Crippen molar-refractivity contribution in [3.05, 3.63) is 24.3 Å². The Morgan fingerprint density at radius 2 is 2.04 bits per heavy atom. The number of nitrogens with one attached hydrogen (secondary N) is 1. The number of carbonyl (C=O) groups is 2. The lowest BCUT2D eigenvalue weighted by Gasteiger charge is -2.18. The zero-order valence-electron chi connectivity index (χ0n) is 13.5. The topological polar surface area (TPSA) is 136 Å². The lowest BCUT2D eigenvalue weighted by atomic mass is 10.1. The lowest BCUT2D eigenvalue weighted by molar-refractivity contribution is -0.127. The van der Waals surface area contributed by atoms with Crippen LogP contribution in [0.5, 0.6) is 0 Å². The van der Waals surface area contributed by atoms with Crippen LogP contribution >= 0.6 is 12.4 Å². The van der Waals surface area contributed by atoms with Gasteiger partial charge >= 0.3 is 0 Å². The van der Waals surface area contributed by atoms with Gasteiger partial charge in [-0.05, 0) is 18.2 Å². The third-order valence-corrected chi connectivity index (χ3v) is 4.68. The summed E-state index contributed by atoms with van der Waals surface area (Å²) < 4.78 is 49.0. The highest BCUT2D eigenvalue weighted by molar-refractivity contribution is 7.89. The first-order chi connectivity index (χ1) is 11.5. The minimum Gasteiger partial charge on any atom is -0.350 e. The molecule has 1 aromatic carbocycles. The Morgan fingerprint density at radius 1 is 1.38 bits per heavy atom. The van der Waals surface area contributed by atoms with E-state index in [0.717, 1.165) is 0 Å². The molecule has 0 bridgehead atoms. The number of nitrogens with two attached hydrogens (primary N) is 2. The molecule has 8 nitrogen and oxygen atoms in total. The summed E-state index contributed by atoms with van der Waals surface area (Å²) in [6.45, 7) is -1.86. The normalized spacial score (nSPS) is 17.8. The number of halogens is 3. The number of carbonyl (C=O) groups excluding carboxylic acids is 2. The molecule has 1 heterocycles. The van der Waals surface area contributed by atoms with Crippen LogP contribution in [0.3, 0.4) is 0 Å². The standard InChI is InChI=1S/C14H18F2N4O4S.ClH/c15-14(16,7-17)8-19-13(22)9-4-12(21)20(6-9)10-2-1-3-11(5-10)25(18,23)24;/h1-3,5,9H,4,6-8,17H2,(H,19,22)(H2,18,23,24);1H. The number of hydrogen-bond acceptors (Lipinski definition) is 5. The summed E-state index contributed by atoms with van der Waals surface area (Å²) in [6, 6.07) is 5.40. The van der Waals surface area contributed by atoms with Gasteiger partial charge in [0.05, 0.1) is 23.9 Å². The summed E-state index contributed by atoms with van der Waals surface area (Å²) in [7, 11) is -3.94. The highest BCUT2D eigenvalue weighted by Crippen LogP contribution is 2.27. The van der Waals surface area contributed by atoms with Gasteiger partial charge < -0.3 is 16.0 Å². The van der Waals surface area contributed by atoms with E-state index in [2.05, 4.69) is 5.32 Å². The van der Waals surface area contributed by atoms with E-state index in [1.165, 1.54) is 29.2 Å². The molecule has 1 atom stereocenters. The molecule has 0 aliphatic carbocycles. The van der Waals surface area contributed by atoms with Crippen LogP contribution < -0.4 is 21.1 Å². The molecule has 1 fully saturated rings. The van der Waals surface area contributed by atoms with Gasteiger partial charge in [0, 0.05) is 18.7 Å². The van der Waals surface area contributed by atoms with Gasteiger partial charge in [-0.1, -0.05) is 6.07 Å². The van der Waals surface area contributed by atoms with Crippen LogP contribution in [-0.4, -0.2) is 45.8 Å². The van der Waals surface area contributed by atoms with Crippen molar-refractivity contribution in [1.82, 2.24) is 5.32 Å². The third-order valence-electron chi connectivity index (χ3n) is 3.77. The van der Waals surface area contributed by atoms with E-state index in [1.807, 2.05) is 0 Å². The van der Waals surface area contributed by atoms with Crippen molar-refractivity contribution in [1.29, 1.82) is 0 Å². The van der Waals surface area contributed by atoms with Crippen LogP contribution in [0.25, 0.3) is 0 Å². The van der Waals surface area contributed by atoms with E-state index in [9.17, 15) is 26.8 Å². The largest absolute Gasteiger partial charge is 0.350 e. The zero-order valence-corrected chi connectivity index (χ0v) is 15.2. The zero-order chi connectivity index (χ0) is 18.8.